The fourth-order valence-electron chi connectivity index (χ4n) is 3.31. The molecule has 0 unspecified atom stereocenters. The van der Waals surface area contributed by atoms with E-state index in [1.54, 1.807) is 24.5 Å². The van der Waals surface area contributed by atoms with Crippen molar-refractivity contribution in [3.63, 3.8) is 0 Å². The van der Waals surface area contributed by atoms with Crippen LogP contribution in [0.4, 0.5) is 5.69 Å². The number of aryl methyl sites for hydroxylation is 1. The summed E-state index contributed by atoms with van der Waals surface area (Å²) in [6, 6.07) is 24.2. The molecule has 0 spiro atoms. The van der Waals surface area contributed by atoms with Crippen molar-refractivity contribution in [3.05, 3.63) is 120 Å². The zero-order valence-electron chi connectivity index (χ0n) is 19.1. The first kappa shape index (κ1) is 24.0. The number of ether oxygens (including phenoxy) is 1. The van der Waals surface area contributed by atoms with E-state index < -0.39 is 10.0 Å². The molecule has 0 saturated heterocycles. The van der Waals surface area contributed by atoms with Crippen LogP contribution < -0.4 is 14.8 Å². The lowest BCUT2D eigenvalue weighted by molar-refractivity contribution is 0.0951. The summed E-state index contributed by atoms with van der Waals surface area (Å²) in [5.74, 6) is 0.428. The Hall–Kier alpha value is -4.17. The molecule has 1 amide bonds. The van der Waals surface area contributed by atoms with Crippen molar-refractivity contribution in [1.82, 2.24) is 10.3 Å². The maximum absolute atomic E-state index is 12.7. The van der Waals surface area contributed by atoms with Gasteiger partial charge >= 0.3 is 0 Å². The number of carbonyl (C=O) groups is 1. The lowest BCUT2D eigenvalue weighted by Gasteiger charge is -2.11. The minimum absolute atomic E-state index is 0.0826. The third kappa shape index (κ3) is 6.45. The van der Waals surface area contributed by atoms with Gasteiger partial charge in [0.1, 0.15) is 12.4 Å². The number of aromatic nitrogens is 1. The minimum Gasteiger partial charge on any atom is -0.489 e. The highest BCUT2D eigenvalue weighted by Gasteiger charge is 2.16. The van der Waals surface area contributed by atoms with E-state index in [-0.39, 0.29) is 10.8 Å². The normalized spacial score (nSPS) is 11.0. The fraction of sp³-hybridized carbons (Fsp3) is 0.111. The Bertz CT molecular complexity index is 1390. The second-order valence-corrected chi connectivity index (χ2v) is 9.60. The number of nitrogens with zero attached hydrogens (tertiary/aromatic N) is 1. The van der Waals surface area contributed by atoms with Crippen LogP contribution in [0.15, 0.2) is 102 Å². The van der Waals surface area contributed by atoms with Gasteiger partial charge in [-0.2, -0.15) is 0 Å². The smallest absolute Gasteiger partial charge is 0.261 e. The van der Waals surface area contributed by atoms with Gasteiger partial charge in [-0.05, 0) is 66.6 Å². The van der Waals surface area contributed by atoms with Gasteiger partial charge in [0.15, 0.2) is 0 Å². The Balaban J connectivity index is 1.31. The van der Waals surface area contributed by atoms with E-state index in [1.165, 1.54) is 24.3 Å². The molecule has 1 aromatic heterocycles. The number of amides is 1. The number of sulfonamides is 1. The molecule has 0 fully saturated rings. The van der Waals surface area contributed by atoms with Crippen LogP contribution in [0.2, 0.25) is 0 Å². The maximum Gasteiger partial charge on any atom is 0.261 e. The van der Waals surface area contributed by atoms with Crippen molar-refractivity contribution in [2.75, 3.05) is 4.72 Å². The quantitative estimate of drug-likeness (QED) is 0.357. The summed E-state index contributed by atoms with van der Waals surface area (Å²) < 4.78 is 33.7. The number of hydrogen-bond acceptors (Lipinski definition) is 5. The van der Waals surface area contributed by atoms with E-state index >= 15 is 0 Å². The average molecular weight is 488 g/mol. The highest BCUT2D eigenvalue weighted by Crippen LogP contribution is 2.20. The van der Waals surface area contributed by atoms with Gasteiger partial charge in [0, 0.05) is 30.1 Å². The van der Waals surface area contributed by atoms with Crippen LogP contribution in [0, 0.1) is 6.92 Å². The standard InChI is InChI=1S/C27H25N3O4S/c1-20-5-2-3-7-26(20)30-35(32,33)25-14-10-23(11-15-25)27(31)29-18-21-8-12-24(13-9-21)34-19-22-6-4-16-28-17-22/h2-17,30H,18-19H2,1H3,(H,29,31). The molecular weight excluding hydrogens is 462 g/mol. The zero-order valence-corrected chi connectivity index (χ0v) is 20.0. The summed E-state index contributed by atoms with van der Waals surface area (Å²) in [7, 11) is -3.76. The first-order chi connectivity index (χ1) is 16.9. The monoisotopic (exact) mass is 487 g/mol. The number of carbonyl (C=O) groups excluding carboxylic acids is 1. The van der Waals surface area contributed by atoms with Crippen LogP contribution in [0.3, 0.4) is 0 Å². The summed E-state index contributed by atoms with van der Waals surface area (Å²) in [5, 5.41) is 2.84. The van der Waals surface area contributed by atoms with Crippen LogP contribution >= 0.6 is 0 Å². The minimum atomic E-state index is -3.76. The number of para-hydroxylation sites is 1. The molecule has 7 nitrogen and oxygen atoms in total. The van der Waals surface area contributed by atoms with E-state index in [9.17, 15) is 13.2 Å². The molecule has 1 heterocycles. The molecular formula is C27H25N3O4S. The largest absolute Gasteiger partial charge is 0.489 e. The van der Waals surface area contributed by atoms with Gasteiger partial charge in [0.05, 0.1) is 10.6 Å². The number of benzene rings is 3. The Morgan fingerprint density at radius 1 is 0.886 bits per heavy atom. The predicted molar refractivity (Wildman–Crippen MR) is 135 cm³/mol. The van der Waals surface area contributed by atoms with E-state index in [2.05, 4.69) is 15.0 Å². The molecule has 2 N–H and O–H groups in total. The Morgan fingerprint density at radius 2 is 1.63 bits per heavy atom. The van der Waals surface area contributed by atoms with Gasteiger partial charge < -0.3 is 10.1 Å². The molecule has 4 aromatic rings. The van der Waals surface area contributed by atoms with Crippen molar-refractivity contribution in [3.8, 4) is 5.75 Å². The topological polar surface area (TPSA) is 97.4 Å². The van der Waals surface area contributed by atoms with Gasteiger partial charge in [0.2, 0.25) is 0 Å². The number of anilines is 1. The van der Waals surface area contributed by atoms with Gasteiger partial charge in [-0.1, -0.05) is 36.4 Å². The fourth-order valence-corrected chi connectivity index (χ4v) is 4.45. The first-order valence-electron chi connectivity index (χ1n) is 11.0. The molecule has 0 atom stereocenters. The van der Waals surface area contributed by atoms with Crippen molar-refractivity contribution >= 4 is 21.6 Å². The lowest BCUT2D eigenvalue weighted by atomic mass is 10.2. The maximum atomic E-state index is 12.7. The SMILES string of the molecule is Cc1ccccc1NS(=O)(=O)c1ccc(C(=O)NCc2ccc(OCc3cccnc3)cc2)cc1. The molecule has 0 aliphatic heterocycles. The number of rotatable bonds is 9. The van der Waals surface area contributed by atoms with Crippen molar-refractivity contribution in [2.45, 2.75) is 25.0 Å². The molecule has 8 heteroatoms. The van der Waals surface area contributed by atoms with Crippen LogP contribution in [-0.4, -0.2) is 19.3 Å². The summed E-state index contributed by atoms with van der Waals surface area (Å²) in [4.78, 5) is 16.7. The Labute approximate surface area is 204 Å². The predicted octanol–water partition coefficient (Wildman–Crippen LogP) is 4.70. The average Bonchev–Trinajstić information content (AvgIpc) is 2.88. The number of hydrogen-bond donors (Lipinski definition) is 2. The number of pyridine rings is 1. The third-order valence-electron chi connectivity index (χ3n) is 5.32. The summed E-state index contributed by atoms with van der Waals surface area (Å²) >= 11 is 0. The Morgan fingerprint density at radius 3 is 2.31 bits per heavy atom. The van der Waals surface area contributed by atoms with E-state index in [4.69, 9.17) is 4.74 Å². The number of nitrogens with one attached hydrogen (secondary N) is 2. The van der Waals surface area contributed by atoms with Crippen LogP contribution in [0.25, 0.3) is 0 Å². The van der Waals surface area contributed by atoms with E-state index in [0.29, 0.717) is 24.4 Å². The van der Waals surface area contributed by atoms with Crippen LogP contribution in [0.1, 0.15) is 27.0 Å². The highest BCUT2D eigenvalue weighted by molar-refractivity contribution is 7.92. The van der Waals surface area contributed by atoms with Crippen LogP contribution in [-0.2, 0) is 23.2 Å². The molecule has 4 rings (SSSR count). The van der Waals surface area contributed by atoms with E-state index in [0.717, 1.165) is 22.4 Å². The van der Waals surface area contributed by atoms with Crippen molar-refractivity contribution in [2.24, 2.45) is 0 Å². The summed E-state index contributed by atoms with van der Waals surface area (Å²) in [6.07, 6.45) is 3.47. The molecule has 178 valence electrons. The van der Waals surface area contributed by atoms with Gasteiger partial charge in [-0.15, -0.1) is 0 Å². The zero-order chi connectivity index (χ0) is 24.7. The molecule has 0 radical (unpaired) electrons. The Kier molecular flexibility index (Phi) is 7.42. The lowest BCUT2D eigenvalue weighted by Crippen LogP contribution is -2.23. The van der Waals surface area contributed by atoms with Crippen molar-refractivity contribution in [1.29, 1.82) is 0 Å². The molecule has 0 bridgehead atoms. The van der Waals surface area contributed by atoms with Gasteiger partial charge in [0.25, 0.3) is 15.9 Å². The summed E-state index contributed by atoms with van der Waals surface area (Å²) in [5.41, 5.74) is 3.60. The van der Waals surface area contributed by atoms with Crippen molar-refractivity contribution < 1.29 is 17.9 Å². The summed E-state index contributed by atoms with van der Waals surface area (Å²) in [6.45, 7) is 2.58. The second kappa shape index (κ2) is 10.8. The van der Waals surface area contributed by atoms with E-state index in [1.807, 2.05) is 55.5 Å². The molecule has 35 heavy (non-hydrogen) atoms. The van der Waals surface area contributed by atoms with Gasteiger partial charge in [-0.3, -0.25) is 14.5 Å². The van der Waals surface area contributed by atoms with Gasteiger partial charge in [-0.25, -0.2) is 8.42 Å². The highest BCUT2D eigenvalue weighted by atomic mass is 32.2. The molecule has 0 saturated carbocycles. The third-order valence-corrected chi connectivity index (χ3v) is 6.70. The molecule has 0 aliphatic rings. The molecule has 3 aromatic carbocycles. The first-order valence-corrected chi connectivity index (χ1v) is 12.5. The second-order valence-electron chi connectivity index (χ2n) is 7.92. The van der Waals surface area contributed by atoms with Crippen LogP contribution in [0.5, 0.6) is 5.75 Å². The molecule has 0 aliphatic carbocycles.